The van der Waals surface area contributed by atoms with Crippen molar-refractivity contribution in [3.63, 3.8) is 0 Å². The van der Waals surface area contributed by atoms with Crippen LogP contribution in [0.4, 0.5) is 5.82 Å². The fourth-order valence-electron chi connectivity index (χ4n) is 2.88. The Morgan fingerprint density at radius 2 is 2.10 bits per heavy atom. The van der Waals surface area contributed by atoms with Gasteiger partial charge in [0, 0.05) is 5.56 Å². The lowest BCUT2D eigenvalue weighted by atomic mass is 10.1. The number of carbonyl (C=O) groups is 2. The maximum Gasteiger partial charge on any atom is 0.359 e. The average Bonchev–Trinajstić information content (AvgIpc) is 3.40. The van der Waals surface area contributed by atoms with E-state index in [2.05, 4.69) is 25.4 Å². The highest BCUT2D eigenvalue weighted by atomic mass is 16.5. The summed E-state index contributed by atoms with van der Waals surface area (Å²) in [6.45, 7) is 1.86. The molecule has 0 saturated heterocycles. The molecule has 0 aliphatic carbocycles. The van der Waals surface area contributed by atoms with E-state index in [0.29, 0.717) is 5.65 Å². The number of aromatic amines is 1. The summed E-state index contributed by atoms with van der Waals surface area (Å²) < 4.78 is 11.7. The van der Waals surface area contributed by atoms with Crippen LogP contribution in [0.15, 0.2) is 48.9 Å². The predicted octanol–water partition coefficient (Wildman–Crippen LogP) is 2.56. The third-order valence-corrected chi connectivity index (χ3v) is 4.26. The standard InChI is InChI=1S/C20H18N6O4/c1-3-30-20(28)18-17(21-11-22-18)19(27)24-15-10-26-16(23-15)8-7-14(25-26)12-5-4-6-13(9-12)29-2/h4-11H,3H2,1-2H3,(H,21,22)(H,24,27). The van der Waals surface area contributed by atoms with Crippen LogP contribution in [0.2, 0.25) is 0 Å². The molecule has 3 heterocycles. The average molecular weight is 406 g/mol. The predicted molar refractivity (Wildman–Crippen MR) is 107 cm³/mol. The molecular formula is C20H18N6O4. The molecule has 0 atom stereocenters. The van der Waals surface area contributed by atoms with E-state index in [1.807, 2.05) is 30.3 Å². The van der Waals surface area contributed by atoms with Gasteiger partial charge in [0.1, 0.15) is 11.4 Å². The molecule has 0 aliphatic heterocycles. The Kier molecular flexibility index (Phi) is 5.12. The van der Waals surface area contributed by atoms with Crippen LogP contribution in [0.25, 0.3) is 16.9 Å². The van der Waals surface area contributed by atoms with Crippen LogP contribution in [-0.2, 0) is 4.74 Å². The Morgan fingerprint density at radius 3 is 2.90 bits per heavy atom. The topological polar surface area (TPSA) is 124 Å². The number of anilines is 1. The van der Waals surface area contributed by atoms with Gasteiger partial charge in [0.25, 0.3) is 5.91 Å². The number of rotatable bonds is 6. The second kappa shape index (κ2) is 8.03. The third-order valence-electron chi connectivity index (χ3n) is 4.26. The quantitative estimate of drug-likeness (QED) is 0.472. The minimum Gasteiger partial charge on any atom is -0.497 e. The van der Waals surface area contributed by atoms with Crippen LogP contribution in [-0.4, -0.2) is 50.2 Å². The molecule has 0 unspecified atom stereocenters. The minimum absolute atomic E-state index is 0.00413. The number of hydrogen-bond acceptors (Lipinski definition) is 7. The molecule has 0 aliphatic rings. The number of nitrogens with zero attached hydrogens (tertiary/aromatic N) is 4. The SMILES string of the molecule is CCOC(=O)c1nc[nH]c1C(=O)Nc1cn2nc(-c3cccc(OC)c3)ccc2n1. The Labute approximate surface area is 170 Å². The van der Waals surface area contributed by atoms with Gasteiger partial charge in [-0.3, -0.25) is 4.79 Å². The Morgan fingerprint density at radius 1 is 1.23 bits per heavy atom. The smallest absolute Gasteiger partial charge is 0.359 e. The summed E-state index contributed by atoms with van der Waals surface area (Å²) in [6, 6.07) is 11.2. The summed E-state index contributed by atoms with van der Waals surface area (Å²) in [6.07, 6.45) is 2.84. The summed E-state index contributed by atoms with van der Waals surface area (Å²) in [5.41, 5.74) is 2.06. The lowest BCUT2D eigenvalue weighted by Gasteiger charge is -2.04. The molecule has 30 heavy (non-hydrogen) atoms. The molecule has 152 valence electrons. The molecule has 0 bridgehead atoms. The molecule has 0 fully saturated rings. The minimum atomic E-state index is -0.677. The second-order valence-corrected chi connectivity index (χ2v) is 6.18. The Hall–Kier alpha value is -4.21. The highest BCUT2D eigenvalue weighted by Gasteiger charge is 2.22. The number of benzene rings is 1. The molecule has 1 amide bonds. The molecule has 4 aromatic rings. The van der Waals surface area contributed by atoms with E-state index in [1.54, 1.807) is 30.8 Å². The first-order valence-electron chi connectivity index (χ1n) is 9.11. The van der Waals surface area contributed by atoms with E-state index < -0.39 is 11.9 Å². The van der Waals surface area contributed by atoms with Gasteiger partial charge in [-0.1, -0.05) is 12.1 Å². The number of imidazole rings is 2. The number of carbonyl (C=O) groups excluding carboxylic acids is 2. The number of H-pyrrole nitrogens is 1. The van der Waals surface area contributed by atoms with Crippen molar-refractivity contribution >= 4 is 23.3 Å². The van der Waals surface area contributed by atoms with Gasteiger partial charge in [-0.05, 0) is 31.2 Å². The van der Waals surface area contributed by atoms with Crippen LogP contribution in [0.1, 0.15) is 27.9 Å². The number of methoxy groups -OCH3 is 1. The number of ether oxygens (including phenoxy) is 2. The zero-order valence-corrected chi connectivity index (χ0v) is 16.2. The first kappa shape index (κ1) is 19.1. The van der Waals surface area contributed by atoms with E-state index in [0.717, 1.165) is 17.0 Å². The van der Waals surface area contributed by atoms with Gasteiger partial charge in [0.15, 0.2) is 17.2 Å². The zero-order valence-electron chi connectivity index (χ0n) is 16.2. The lowest BCUT2D eigenvalue weighted by Crippen LogP contribution is -2.18. The summed E-state index contributed by atoms with van der Waals surface area (Å²) in [4.78, 5) is 35.3. The van der Waals surface area contributed by atoms with Crippen molar-refractivity contribution < 1.29 is 19.1 Å². The third kappa shape index (κ3) is 3.70. The maximum absolute atomic E-state index is 12.6. The number of esters is 1. The van der Waals surface area contributed by atoms with Gasteiger partial charge in [-0.2, -0.15) is 5.10 Å². The van der Waals surface area contributed by atoms with E-state index >= 15 is 0 Å². The number of aromatic nitrogens is 5. The van der Waals surface area contributed by atoms with Crippen LogP contribution >= 0.6 is 0 Å². The molecule has 4 rings (SSSR count). The molecular weight excluding hydrogens is 388 g/mol. The molecule has 0 spiro atoms. The monoisotopic (exact) mass is 406 g/mol. The van der Waals surface area contributed by atoms with Crippen LogP contribution < -0.4 is 10.1 Å². The van der Waals surface area contributed by atoms with Gasteiger partial charge >= 0.3 is 5.97 Å². The molecule has 2 N–H and O–H groups in total. The zero-order chi connectivity index (χ0) is 21.1. The van der Waals surface area contributed by atoms with Gasteiger partial charge in [0.2, 0.25) is 0 Å². The number of amides is 1. The molecule has 3 aromatic heterocycles. The van der Waals surface area contributed by atoms with E-state index in [4.69, 9.17) is 9.47 Å². The van der Waals surface area contributed by atoms with Crippen molar-refractivity contribution in [1.82, 2.24) is 24.6 Å². The Balaban J connectivity index is 1.58. The summed E-state index contributed by atoms with van der Waals surface area (Å²) >= 11 is 0. The van der Waals surface area contributed by atoms with Gasteiger partial charge in [-0.15, -0.1) is 0 Å². The van der Waals surface area contributed by atoms with Crippen molar-refractivity contribution in [3.05, 3.63) is 60.3 Å². The molecule has 1 aromatic carbocycles. The molecule has 0 radical (unpaired) electrons. The van der Waals surface area contributed by atoms with Crippen molar-refractivity contribution in [3.8, 4) is 17.0 Å². The van der Waals surface area contributed by atoms with Gasteiger partial charge in [-0.25, -0.2) is 19.3 Å². The number of nitrogens with one attached hydrogen (secondary N) is 2. The van der Waals surface area contributed by atoms with E-state index in [9.17, 15) is 9.59 Å². The van der Waals surface area contributed by atoms with Gasteiger partial charge < -0.3 is 19.8 Å². The normalized spacial score (nSPS) is 10.7. The first-order valence-corrected chi connectivity index (χ1v) is 9.11. The maximum atomic E-state index is 12.6. The molecule has 10 heteroatoms. The number of fused-ring (bicyclic) bond motifs is 1. The fraction of sp³-hybridized carbons (Fsp3) is 0.150. The van der Waals surface area contributed by atoms with E-state index in [1.165, 1.54) is 6.33 Å². The summed E-state index contributed by atoms with van der Waals surface area (Å²) in [7, 11) is 1.60. The van der Waals surface area contributed by atoms with Crippen molar-refractivity contribution in [2.45, 2.75) is 6.92 Å². The summed E-state index contributed by atoms with van der Waals surface area (Å²) in [5.74, 6) is -0.236. The first-order chi connectivity index (χ1) is 14.6. The molecule has 0 saturated carbocycles. The highest BCUT2D eigenvalue weighted by molar-refractivity contribution is 6.08. The highest BCUT2D eigenvalue weighted by Crippen LogP contribution is 2.22. The Bertz CT molecular complexity index is 1230. The van der Waals surface area contributed by atoms with Gasteiger partial charge in [0.05, 0.1) is 31.9 Å². The second-order valence-electron chi connectivity index (χ2n) is 6.18. The van der Waals surface area contributed by atoms with Crippen LogP contribution in [0.5, 0.6) is 5.75 Å². The largest absolute Gasteiger partial charge is 0.497 e. The molecule has 10 nitrogen and oxygen atoms in total. The van der Waals surface area contributed by atoms with E-state index in [-0.39, 0.29) is 23.8 Å². The van der Waals surface area contributed by atoms with Crippen LogP contribution in [0, 0.1) is 0 Å². The lowest BCUT2D eigenvalue weighted by molar-refractivity contribution is 0.0517. The summed E-state index contributed by atoms with van der Waals surface area (Å²) in [5, 5.41) is 7.17. The van der Waals surface area contributed by atoms with Crippen LogP contribution in [0.3, 0.4) is 0 Å². The van der Waals surface area contributed by atoms with Crippen molar-refractivity contribution in [1.29, 1.82) is 0 Å². The van der Waals surface area contributed by atoms with Crippen molar-refractivity contribution in [2.75, 3.05) is 19.0 Å². The van der Waals surface area contributed by atoms with Crippen molar-refractivity contribution in [2.24, 2.45) is 0 Å². The fourth-order valence-corrected chi connectivity index (χ4v) is 2.88. The number of hydrogen-bond donors (Lipinski definition) is 2.